The van der Waals surface area contributed by atoms with Crippen molar-refractivity contribution in [3.05, 3.63) is 23.2 Å². The number of aromatic hydroxyl groups is 1. The van der Waals surface area contributed by atoms with Crippen molar-refractivity contribution in [3.8, 4) is 5.75 Å². The summed E-state index contributed by atoms with van der Waals surface area (Å²) in [6.45, 7) is 3.41. The second-order valence-corrected chi connectivity index (χ2v) is 6.26. The highest BCUT2D eigenvalue weighted by Crippen LogP contribution is 2.38. The maximum absolute atomic E-state index is 9.84. The Balaban J connectivity index is 1.93. The maximum Gasteiger partial charge on any atom is 0.135 e. The van der Waals surface area contributed by atoms with Crippen molar-refractivity contribution in [3.63, 3.8) is 0 Å². The fourth-order valence-corrected chi connectivity index (χ4v) is 3.76. The van der Waals surface area contributed by atoms with Gasteiger partial charge in [-0.1, -0.05) is 6.07 Å². The van der Waals surface area contributed by atoms with Crippen LogP contribution in [0.4, 0.5) is 0 Å². The molecule has 4 heteroatoms. The summed E-state index contributed by atoms with van der Waals surface area (Å²) in [4.78, 5) is 7.10. The van der Waals surface area contributed by atoms with Gasteiger partial charge in [-0.15, -0.1) is 11.3 Å². The third-order valence-electron chi connectivity index (χ3n) is 3.97. The lowest BCUT2D eigenvalue weighted by atomic mass is 9.93. The number of fused-ring (bicyclic) bond motifs is 1. The zero-order chi connectivity index (χ0) is 12.7. The van der Waals surface area contributed by atoms with E-state index in [2.05, 4.69) is 18.9 Å². The van der Waals surface area contributed by atoms with Gasteiger partial charge in [0.05, 0.1) is 15.2 Å². The van der Waals surface area contributed by atoms with E-state index >= 15 is 0 Å². The molecule has 1 aliphatic rings. The van der Waals surface area contributed by atoms with Crippen molar-refractivity contribution in [2.45, 2.75) is 31.7 Å². The van der Waals surface area contributed by atoms with Crippen LogP contribution in [0.15, 0.2) is 18.2 Å². The zero-order valence-electron chi connectivity index (χ0n) is 10.8. The number of aromatic nitrogens is 1. The lowest BCUT2D eigenvalue weighted by Crippen LogP contribution is -2.36. The minimum absolute atomic E-state index is 0.359. The van der Waals surface area contributed by atoms with Crippen LogP contribution in [0.1, 0.15) is 30.7 Å². The number of hydrogen-bond donors (Lipinski definition) is 1. The normalized spacial score (nSPS) is 25.7. The topological polar surface area (TPSA) is 36.4 Å². The second-order valence-electron chi connectivity index (χ2n) is 5.23. The Bertz CT molecular complexity index is 566. The number of benzene rings is 1. The van der Waals surface area contributed by atoms with Crippen LogP contribution >= 0.6 is 11.3 Å². The van der Waals surface area contributed by atoms with Crippen molar-refractivity contribution in [2.75, 3.05) is 13.6 Å². The van der Waals surface area contributed by atoms with Gasteiger partial charge in [0.1, 0.15) is 5.75 Å². The van der Waals surface area contributed by atoms with Gasteiger partial charge in [-0.05, 0) is 45.5 Å². The highest BCUT2D eigenvalue weighted by Gasteiger charge is 2.26. The zero-order valence-corrected chi connectivity index (χ0v) is 11.6. The Morgan fingerprint density at radius 2 is 2.28 bits per heavy atom. The Labute approximate surface area is 111 Å². The molecule has 96 valence electrons. The van der Waals surface area contributed by atoms with E-state index in [1.165, 1.54) is 11.4 Å². The summed E-state index contributed by atoms with van der Waals surface area (Å²) in [5.74, 6) is 0.908. The van der Waals surface area contributed by atoms with Crippen LogP contribution in [0.5, 0.6) is 5.75 Å². The molecular formula is C14H18N2OS. The van der Waals surface area contributed by atoms with Crippen LogP contribution in [-0.2, 0) is 0 Å². The molecule has 0 unspecified atom stereocenters. The molecule has 0 bridgehead atoms. The van der Waals surface area contributed by atoms with Crippen LogP contribution in [0.25, 0.3) is 10.2 Å². The summed E-state index contributed by atoms with van der Waals surface area (Å²) in [5.41, 5.74) is 0.932. The van der Waals surface area contributed by atoms with Gasteiger partial charge in [0, 0.05) is 12.0 Å². The first kappa shape index (κ1) is 11.9. The third kappa shape index (κ3) is 1.99. The first-order valence-corrected chi connectivity index (χ1v) is 7.25. The van der Waals surface area contributed by atoms with Gasteiger partial charge >= 0.3 is 0 Å². The molecule has 2 aromatic rings. The quantitative estimate of drug-likeness (QED) is 0.857. The summed E-state index contributed by atoms with van der Waals surface area (Å²) < 4.78 is 0.930. The number of thiazole rings is 1. The van der Waals surface area contributed by atoms with E-state index in [1.54, 1.807) is 17.4 Å². The molecule has 2 atom stereocenters. The molecular weight excluding hydrogens is 244 g/mol. The Kier molecular flexibility index (Phi) is 2.99. The Hall–Kier alpha value is -1.13. The minimum Gasteiger partial charge on any atom is -0.506 e. The van der Waals surface area contributed by atoms with E-state index in [0.717, 1.165) is 23.2 Å². The predicted molar refractivity (Wildman–Crippen MR) is 75.4 cm³/mol. The largest absolute Gasteiger partial charge is 0.506 e. The fraction of sp³-hybridized carbons (Fsp3) is 0.500. The SMILES string of the molecule is C[C@@H]1C[C@H](c2nc3cccc(O)c3s2)CCN1C. The van der Waals surface area contributed by atoms with Crippen LogP contribution in [-0.4, -0.2) is 34.6 Å². The molecule has 0 aliphatic carbocycles. The molecule has 1 aliphatic heterocycles. The number of phenols is 1. The van der Waals surface area contributed by atoms with Gasteiger partial charge in [0.25, 0.3) is 0 Å². The maximum atomic E-state index is 9.84. The standard InChI is InChI=1S/C14H18N2OS/c1-9-8-10(6-7-16(9)2)14-15-11-4-3-5-12(17)13(11)18-14/h3-5,9-10,17H,6-8H2,1-2H3/t9-,10-/m1/s1. The van der Waals surface area contributed by atoms with Crippen molar-refractivity contribution in [2.24, 2.45) is 0 Å². The van der Waals surface area contributed by atoms with E-state index in [4.69, 9.17) is 4.98 Å². The number of phenolic OH excluding ortho intramolecular Hbond substituents is 1. The smallest absolute Gasteiger partial charge is 0.135 e. The molecule has 3 nitrogen and oxygen atoms in total. The van der Waals surface area contributed by atoms with Gasteiger partial charge in [0.15, 0.2) is 0 Å². The molecule has 1 N–H and O–H groups in total. The number of rotatable bonds is 1. The minimum atomic E-state index is 0.359. The molecule has 3 rings (SSSR count). The van der Waals surface area contributed by atoms with E-state index in [1.807, 2.05) is 12.1 Å². The van der Waals surface area contributed by atoms with Gasteiger partial charge in [0.2, 0.25) is 0 Å². The van der Waals surface area contributed by atoms with Gasteiger partial charge in [-0.25, -0.2) is 4.98 Å². The van der Waals surface area contributed by atoms with Gasteiger partial charge in [-0.3, -0.25) is 0 Å². The van der Waals surface area contributed by atoms with Crippen molar-refractivity contribution in [1.29, 1.82) is 0 Å². The van der Waals surface area contributed by atoms with Crippen molar-refractivity contribution < 1.29 is 5.11 Å². The first-order valence-electron chi connectivity index (χ1n) is 6.44. The molecule has 0 saturated carbocycles. The molecule has 0 radical (unpaired) electrons. The Morgan fingerprint density at radius 1 is 1.44 bits per heavy atom. The molecule has 18 heavy (non-hydrogen) atoms. The molecule has 1 aromatic carbocycles. The van der Waals surface area contributed by atoms with Crippen LogP contribution in [0.2, 0.25) is 0 Å². The van der Waals surface area contributed by atoms with E-state index < -0.39 is 0 Å². The van der Waals surface area contributed by atoms with E-state index in [9.17, 15) is 5.11 Å². The van der Waals surface area contributed by atoms with Gasteiger partial charge < -0.3 is 10.0 Å². The molecule has 1 saturated heterocycles. The number of hydrogen-bond acceptors (Lipinski definition) is 4. The molecule has 2 heterocycles. The lowest BCUT2D eigenvalue weighted by Gasteiger charge is -2.34. The average molecular weight is 262 g/mol. The highest BCUT2D eigenvalue weighted by molar-refractivity contribution is 7.19. The van der Waals surface area contributed by atoms with Crippen LogP contribution in [0.3, 0.4) is 0 Å². The van der Waals surface area contributed by atoms with E-state index in [0.29, 0.717) is 17.7 Å². The van der Waals surface area contributed by atoms with Crippen LogP contribution < -0.4 is 0 Å². The number of nitrogens with zero attached hydrogens (tertiary/aromatic N) is 2. The summed E-state index contributed by atoms with van der Waals surface area (Å²) in [7, 11) is 2.19. The third-order valence-corrected chi connectivity index (χ3v) is 5.22. The summed E-state index contributed by atoms with van der Waals surface area (Å²) in [5, 5.41) is 11.0. The summed E-state index contributed by atoms with van der Waals surface area (Å²) in [6, 6.07) is 6.19. The lowest BCUT2D eigenvalue weighted by molar-refractivity contribution is 0.182. The monoisotopic (exact) mass is 262 g/mol. The van der Waals surface area contributed by atoms with Crippen molar-refractivity contribution in [1.82, 2.24) is 9.88 Å². The Morgan fingerprint density at radius 3 is 3.00 bits per heavy atom. The second kappa shape index (κ2) is 4.52. The van der Waals surface area contributed by atoms with Gasteiger partial charge in [-0.2, -0.15) is 0 Å². The first-order chi connectivity index (χ1) is 8.65. The van der Waals surface area contributed by atoms with Crippen LogP contribution in [0, 0.1) is 0 Å². The molecule has 0 spiro atoms. The molecule has 0 amide bonds. The fourth-order valence-electron chi connectivity index (χ4n) is 2.64. The summed E-state index contributed by atoms with van der Waals surface area (Å²) in [6.07, 6.45) is 2.33. The average Bonchev–Trinajstić information content (AvgIpc) is 2.78. The van der Waals surface area contributed by atoms with Crippen molar-refractivity contribution >= 4 is 21.6 Å². The summed E-state index contributed by atoms with van der Waals surface area (Å²) >= 11 is 1.65. The molecule has 1 aromatic heterocycles. The number of piperidine rings is 1. The predicted octanol–water partition coefficient (Wildman–Crippen LogP) is 3.20. The molecule has 1 fully saturated rings. The highest BCUT2D eigenvalue weighted by atomic mass is 32.1. The van der Waals surface area contributed by atoms with E-state index in [-0.39, 0.29) is 0 Å². The number of likely N-dealkylation sites (tertiary alicyclic amines) is 1.